The highest BCUT2D eigenvalue weighted by molar-refractivity contribution is 14.0. The molecule has 1 aliphatic rings. The predicted octanol–water partition coefficient (Wildman–Crippen LogP) is 4.44. The van der Waals surface area contributed by atoms with Crippen LogP contribution in [0.1, 0.15) is 36.5 Å². The first-order valence-corrected chi connectivity index (χ1v) is 10.8. The third-order valence-corrected chi connectivity index (χ3v) is 5.06. The number of ether oxygens (including phenoxy) is 2. The summed E-state index contributed by atoms with van der Waals surface area (Å²) in [5, 5.41) is 6.60. The number of benzene rings is 2. The van der Waals surface area contributed by atoms with Gasteiger partial charge in [0.05, 0.1) is 19.3 Å². The Labute approximate surface area is 201 Å². The number of rotatable bonds is 9. The monoisotopic (exact) mass is 541 g/mol. The quantitative estimate of drug-likeness (QED) is 0.280. The van der Waals surface area contributed by atoms with E-state index < -0.39 is 0 Å². The van der Waals surface area contributed by atoms with E-state index in [0.29, 0.717) is 19.3 Å². The van der Waals surface area contributed by atoms with E-state index in [0.717, 1.165) is 62.7 Å². The van der Waals surface area contributed by atoms with E-state index in [1.165, 1.54) is 17.7 Å². The van der Waals surface area contributed by atoms with Crippen molar-refractivity contribution in [2.45, 2.75) is 45.4 Å². The number of guanidine groups is 1. The molecular formula is C24H33FIN3O2. The zero-order valence-corrected chi connectivity index (χ0v) is 20.4. The normalized spacial score (nSPS) is 14.7. The lowest BCUT2D eigenvalue weighted by Crippen LogP contribution is -2.38. The molecule has 0 atom stereocenters. The van der Waals surface area contributed by atoms with Crippen molar-refractivity contribution >= 4 is 29.9 Å². The van der Waals surface area contributed by atoms with Crippen LogP contribution in [0.2, 0.25) is 0 Å². The summed E-state index contributed by atoms with van der Waals surface area (Å²) in [6.07, 6.45) is 3.08. The Kier molecular flexibility index (Phi) is 11.8. The van der Waals surface area contributed by atoms with Gasteiger partial charge in [0.1, 0.15) is 5.82 Å². The maximum absolute atomic E-state index is 13.0. The first-order valence-electron chi connectivity index (χ1n) is 10.8. The molecule has 7 heteroatoms. The molecular weight excluding hydrogens is 508 g/mol. The van der Waals surface area contributed by atoms with E-state index in [-0.39, 0.29) is 29.8 Å². The van der Waals surface area contributed by atoms with E-state index in [1.54, 1.807) is 0 Å². The van der Waals surface area contributed by atoms with Crippen LogP contribution in [0, 0.1) is 5.82 Å². The fourth-order valence-corrected chi connectivity index (χ4v) is 3.29. The van der Waals surface area contributed by atoms with Crippen molar-refractivity contribution in [2.24, 2.45) is 4.99 Å². The maximum atomic E-state index is 13.0. The highest BCUT2D eigenvalue weighted by Gasteiger charge is 2.13. The molecule has 0 aliphatic carbocycles. The second-order valence-electron chi connectivity index (χ2n) is 7.44. The Balaban J connectivity index is 0.00000341. The van der Waals surface area contributed by atoms with Crippen molar-refractivity contribution in [3.05, 3.63) is 71.0 Å². The topological polar surface area (TPSA) is 54.9 Å². The number of halogens is 2. The Morgan fingerprint density at radius 1 is 1.00 bits per heavy atom. The van der Waals surface area contributed by atoms with Crippen LogP contribution in [-0.4, -0.2) is 38.4 Å². The number of nitrogens with zero attached hydrogens (tertiary/aromatic N) is 1. The van der Waals surface area contributed by atoms with E-state index in [2.05, 4.69) is 39.9 Å². The lowest BCUT2D eigenvalue weighted by Gasteiger charge is -2.22. The molecule has 0 saturated carbocycles. The summed E-state index contributed by atoms with van der Waals surface area (Å²) in [6, 6.07) is 15.0. The molecule has 1 saturated heterocycles. The summed E-state index contributed by atoms with van der Waals surface area (Å²) in [5.74, 6) is 0.578. The summed E-state index contributed by atoms with van der Waals surface area (Å²) in [4.78, 5) is 4.67. The molecule has 2 N–H and O–H groups in total. The van der Waals surface area contributed by atoms with Gasteiger partial charge >= 0.3 is 0 Å². The average Bonchev–Trinajstić information content (AvgIpc) is 2.79. The zero-order valence-electron chi connectivity index (χ0n) is 18.1. The predicted molar refractivity (Wildman–Crippen MR) is 133 cm³/mol. The highest BCUT2D eigenvalue weighted by Crippen LogP contribution is 2.14. The van der Waals surface area contributed by atoms with Gasteiger partial charge in [-0.15, -0.1) is 24.0 Å². The molecule has 1 heterocycles. The van der Waals surface area contributed by atoms with Crippen LogP contribution in [0.25, 0.3) is 0 Å². The Bertz CT molecular complexity index is 778. The molecule has 0 bridgehead atoms. The summed E-state index contributed by atoms with van der Waals surface area (Å²) in [7, 11) is 0. The fraction of sp³-hybridized carbons (Fsp3) is 0.458. The van der Waals surface area contributed by atoms with Crippen molar-refractivity contribution in [3.63, 3.8) is 0 Å². The van der Waals surface area contributed by atoms with Crippen molar-refractivity contribution < 1.29 is 13.9 Å². The number of aliphatic imine (C=N–C) groups is 1. The van der Waals surface area contributed by atoms with Crippen LogP contribution in [0.4, 0.5) is 4.39 Å². The summed E-state index contributed by atoms with van der Waals surface area (Å²) >= 11 is 0. The number of hydrogen-bond acceptors (Lipinski definition) is 3. The van der Waals surface area contributed by atoms with Gasteiger partial charge in [-0.25, -0.2) is 9.38 Å². The van der Waals surface area contributed by atoms with Gasteiger partial charge in [0.2, 0.25) is 0 Å². The van der Waals surface area contributed by atoms with Crippen LogP contribution in [-0.2, 0) is 29.0 Å². The van der Waals surface area contributed by atoms with Crippen molar-refractivity contribution in [1.29, 1.82) is 0 Å². The lowest BCUT2D eigenvalue weighted by molar-refractivity contribution is -0.0390. The largest absolute Gasteiger partial charge is 0.381 e. The van der Waals surface area contributed by atoms with Crippen LogP contribution < -0.4 is 10.6 Å². The van der Waals surface area contributed by atoms with Crippen LogP contribution in [0.15, 0.2) is 53.5 Å². The van der Waals surface area contributed by atoms with Gasteiger partial charge < -0.3 is 20.1 Å². The third-order valence-electron chi connectivity index (χ3n) is 5.06. The first kappa shape index (κ1) is 25.5. The van der Waals surface area contributed by atoms with Gasteiger partial charge in [0.25, 0.3) is 0 Å². The Morgan fingerprint density at radius 3 is 2.32 bits per heavy atom. The SMILES string of the molecule is CCNC(=NCc1ccc(COC2CCOCC2)cc1)NCCc1ccc(F)cc1.I. The van der Waals surface area contributed by atoms with Gasteiger partial charge in [-0.3, -0.25) is 0 Å². The standard InChI is InChI=1S/C24H32FN3O2.HI/c1-2-26-24(27-14-11-19-7-9-22(25)10-8-19)28-17-20-3-5-21(6-4-20)18-30-23-12-15-29-16-13-23;/h3-10,23H,2,11-18H2,1H3,(H2,26,27,28);1H. The maximum Gasteiger partial charge on any atom is 0.191 e. The number of nitrogens with one attached hydrogen (secondary N) is 2. The zero-order chi connectivity index (χ0) is 21.0. The summed E-state index contributed by atoms with van der Waals surface area (Å²) in [6.45, 7) is 6.42. The van der Waals surface area contributed by atoms with Crippen molar-refractivity contribution in [1.82, 2.24) is 10.6 Å². The average molecular weight is 541 g/mol. The molecule has 0 radical (unpaired) electrons. The first-order chi connectivity index (χ1) is 14.7. The van der Waals surface area contributed by atoms with Gasteiger partial charge in [0.15, 0.2) is 5.96 Å². The molecule has 0 spiro atoms. The molecule has 2 aromatic carbocycles. The summed E-state index contributed by atoms with van der Waals surface area (Å²) < 4.78 is 24.3. The van der Waals surface area contributed by atoms with E-state index in [4.69, 9.17) is 9.47 Å². The van der Waals surface area contributed by atoms with Gasteiger partial charge in [-0.05, 0) is 55.0 Å². The van der Waals surface area contributed by atoms with Crippen molar-refractivity contribution in [3.8, 4) is 0 Å². The fourth-order valence-electron chi connectivity index (χ4n) is 3.29. The minimum absolute atomic E-state index is 0. The van der Waals surface area contributed by atoms with Crippen molar-refractivity contribution in [2.75, 3.05) is 26.3 Å². The minimum atomic E-state index is -0.206. The molecule has 5 nitrogen and oxygen atoms in total. The van der Waals surface area contributed by atoms with Gasteiger partial charge in [-0.2, -0.15) is 0 Å². The van der Waals surface area contributed by atoms with E-state index in [1.807, 2.05) is 19.1 Å². The minimum Gasteiger partial charge on any atom is -0.381 e. The lowest BCUT2D eigenvalue weighted by atomic mass is 10.1. The highest BCUT2D eigenvalue weighted by atomic mass is 127. The third kappa shape index (κ3) is 9.53. The van der Waals surface area contributed by atoms with Crippen LogP contribution >= 0.6 is 24.0 Å². The molecule has 31 heavy (non-hydrogen) atoms. The summed E-state index contributed by atoms with van der Waals surface area (Å²) in [5.41, 5.74) is 3.43. The smallest absolute Gasteiger partial charge is 0.191 e. The molecule has 1 aliphatic heterocycles. The second kappa shape index (κ2) is 14.4. The number of hydrogen-bond donors (Lipinski definition) is 2. The molecule has 0 amide bonds. The Morgan fingerprint density at radius 2 is 1.65 bits per heavy atom. The molecule has 2 aromatic rings. The molecule has 3 rings (SSSR count). The van der Waals surface area contributed by atoms with Crippen LogP contribution in [0.3, 0.4) is 0 Å². The van der Waals surface area contributed by atoms with Gasteiger partial charge in [-0.1, -0.05) is 36.4 Å². The van der Waals surface area contributed by atoms with E-state index >= 15 is 0 Å². The van der Waals surface area contributed by atoms with E-state index in [9.17, 15) is 4.39 Å². The molecule has 0 aromatic heterocycles. The molecule has 170 valence electrons. The van der Waals surface area contributed by atoms with Crippen LogP contribution in [0.5, 0.6) is 0 Å². The molecule has 0 unspecified atom stereocenters. The molecule has 1 fully saturated rings. The Hall–Kier alpha value is -1.71. The van der Waals surface area contributed by atoms with Gasteiger partial charge in [0, 0.05) is 26.3 Å². The second-order valence-corrected chi connectivity index (χ2v) is 7.44.